The van der Waals surface area contributed by atoms with Crippen LogP contribution in [-0.4, -0.2) is 23.9 Å². The maximum absolute atomic E-state index is 3.56. The summed E-state index contributed by atoms with van der Waals surface area (Å²) in [4.78, 5) is 0. The van der Waals surface area contributed by atoms with Gasteiger partial charge in [-0.15, -0.1) is 0 Å². The van der Waals surface area contributed by atoms with Crippen molar-refractivity contribution in [3.63, 3.8) is 0 Å². The van der Waals surface area contributed by atoms with Crippen molar-refractivity contribution in [2.75, 3.05) is 0 Å². The molecule has 0 rings (SSSR count). The zero-order valence-electron chi connectivity index (χ0n) is 3.99. The van der Waals surface area contributed by atoms with Crippen molar-refractivity contribution in [2.24, 2.45) is 0 Å². The molecule has 0 aliphatic heterocycles. The molecule has 0 saturated carbocycles. The molecule has 0 fully saturated rings. The third kappa shape index (κ3) is 8.86. The molecule has 0 aromatic carbocycles. The molecule has 0 heterocycles. The van der Waals surface area contributed by atoms with Crippen LogP contribution in [-0.2, 0) is 0 Å². The topological polar surface area (TPSA) is 0 Å². The molecular weight excluding hydrogens is 179 g/mol. The second-order valence-corrected chi connectivity index (χ2v) is 1.05. The zero-order valence-corrected chi connectivity index (χ0v) is 6.85. The van der Waals surface area contributed by atoms with Gasteiger partial charge in [-0.2, -0.15) is 0 Å². The fourth-order valence-corrected chi connectivity index (χ4v) is 0. The van der Waals surface area contributed by atoms with Crippen LogP contribution in [0.5, 0.6) is 0 Å². The van der Waals surface area contributed by atoms with Crippen LogP contribution in [0.2, 0.25) is 0 Å². The number of hydrogen-bond donors (Lipinski definition) is 0. The van der Waals surface area contributed by atoms with Gasteiger partial charge in [-0.05, 0) is 6.92 Å². The van der Waals surface area contributed by atoms with Gasteiger partial charge < -0.3 is 0 Å². The molecule has 0 amide bonds. The summed E-state index contributed by atoms with van der Waals surface area (Å²) in [5, 5.41) is 0. The first kappa shape index (κ1) is 9.56. The molecule has 0 atom stereocenters. The van der Waals surface area contributed by atoms with Crippen molar-refractivity contribution in [3.05, 3.63) is 24.8 Å². The summed E-state index contributed by atoms with van der Waals surface area (Å²) < 4.78 is 0. The van der Waals surface area contributed by atoms with Crippen molar-refractivity contribution < 1.29 is 0 Å². The third-order valence-corrected chi connectivity index (χ3v) is 0.348. The molecule has 6 heavy (non-hydrogen) atoms. The van der Waals surface area contributed by atoms with Crippen LogP contribution in [0.1, 0.15) is 6.92 Å². The van der Waals surface area contributed by atoms with Crippen LogP contribution in [0.4, 0.5) is 0 Å². The second-order valence-electron chi connectivity index (χ2n) is 1.05. The normalized spacial score (nSPS) is 5.50. The van der Waals surface area contributed by atoms with E-state index in [1.807, 2.05) is 6.92 Å². The van der Waals surface area contributed by atoms with Crippen molar-refractivity contribution in [1.82, 2.24) is 0 Å². The summed E-state index contributed by atoms with van der Waals surface area (Å²) >= 11 is 0. The van der Waals surface area contributed by atoms with Crippen LogP contribution >= 0.6 is 0 Å². The van der Waals surface area contributed by atoms with Gasteiger partial charge in [0, 0.05) is 23.9 Å². The predicted octanol–water partition coefficient (Wildman–Crippen LogP) is 1.37. The molecule has 0 aliphatic carbocycles. The molecule has 0 aromatic heterocycles. The first-order valence-corrected chi connectivity index (χ1v) is 1.55. The predicted molar refractivity (Wildman–Crippen MR) is 30.8 cm³/mol. The van der Waals surface area contributed by atoms with E-state index in [2.05, 4.69) is 13.2 Å². The summed E-state index contributed by atoms with van der Waals surface area (Å²) in [5.74, 6) is 0. The van der Waals surface area contributed by atoms with E-state index in [4.69, 9.17) is 0 Å². The monoisotopic (exact) mass is 188 g/mol. The van der Waals surface area contributed by atoms with Crippen LogP contribution in [0, 0.1) is 0 Å². The zero-order chi connectivity index (χ0) is 4.28. The summed E-state index contributed by atoms with van der Waals surface area (Å²) in [7, 11) is 0. The average molecular weight is 187 g/mol. The van der Waals surface area contributed by atoms with Gasteiger partial charge in [0.2, 0.25) is 0 Å². The Hall–Kier alpha value is 0.279. The molecule has 0 spiro atoms. The minimum Gasteiger partial charge on any atom is -0.0988 e. The fraction of sp³-hybridized carbons (Fsp3) is 0.200. The van der Waals surface area contributed by atoms with Crippen molar-refractivity contribution in [1.29, 1.82) is 0 Å². The van der Waals surface area contributed by atoms with Gasteiger partial charge >= 0.3 is 0 Å². The van der Waals surface area contributed by atoms with Gasteiger partial charge in [0.15, 0.2) is 0 Å². The number of rotatable bonds is 1. The van der Waals surface area contributed by atoms with Gasteiger partial charge in [0.25, 0.3) is 0 Å². The Bertz CT molecular complexity index is 55.0. The summed E-state index contributed by atoms with van der Waals surface area (Å²) in [6, 6.07) is 0. The van der Waals surface area contributed by atoms with Crippen LogP contribution in [0.25, 0.3) is 0 Å². The van der Waals surface area contributed by atoms with E-state index in [9.17, 15) is 0 Å². The third-order valence-electron chi connectivity index (χ3n) is 0.348. The van der Waals surface area contributed by atoms with E-state index in [1.165, 1.54) is 0 Å². The van der Waals surface area contributed by atoms with Crippen LogP contribution in [0.15, 0.2) is 24.8 Å². The van der Waals surface area contributed by atoms with Crippen LogP contribution < -0.4 is 0 Å². The molecule has 0 N–H and O–H groups in total. The van der Waals surface area contributed by atoms with E-state index >= 15 is 0 Å². The van der Waals surface area contributed by atoms with Crippen molar-refractivity contribution in [3.8, 4) is 0 Å². The van der Waals surface area contributed by atoms with Gasteiger partial charge in [-0.3, -0.25) is 0 Å². The molecule has 0 aliphatic rings. The summed E-state index contributed by atoms with van der Waals surface area (Å²) in [5.41, 5.74) is 1.02. The van der Waals surface area contributed by atoms with Crippen LogP contribution in [0.3, 0.4) is 0 Å². The maximum Gasteiger partial charge on any atom is 0 e. The molecule has 32 valence electrons. The van der Waals surface area contributed by atoms with Gasteiger partial charge in [0.05, 0.1) is 0 Å². The quantitative estimate of drug-likeness (QED) is 0.429. The Morgan fingerprint density at radius 1 is 1.67 bits per heavy atom. The largest absolute Gasteiger partial charge is 0.0988 e. The Balaban J connectivity index is 0. The first-order valence-electron chi connectivity index (χ1n) is 1.55. The minimum absolute atomic E-state index is 0. The molecule has 0 aromatic rings. The van der Waals surface area contributed by atoms with E-state index in [0.717, 1.165) is 5.57 Å². The Morgan fingerprint density at radius 2 is 1.83 bits per heavy atom. The first-order chi connectivity index (χ1) is 2.27. The molecule has 1 heteroatoms. The standard InChI is InChI=1S/C5H8.Sn/c1-4-5(2)3;/h4H,1-2H2,3H3;. The Labute approximate surface area is 55.9 Å². The summed E-state index contributed by atoms with van der Waals surface area (Å²) in [6.45, 7) is 8.93. The van der Waals surface area contributed by atoms with Gasteiger partial charge in [0.1, 0.15) is 0 Å². The minimum atomic E-state index is 0. The average Bonchev–Trinajstić information content (AvgIpc) is 1.38. The molecular formula is C5H8Sn. The van der Waals surface area contributed by atoms with E-state index in [0.29, 0.717) is 0 Å². The van der Waals surface area contributed by atoms with E-state index in [-0.39, 0.29) is 23.9 Å². The summed E-state index contributed by atoms with van der Waals surface area (Å²) in [6.07, 6.45) is 1.72. The number of hydrogen-bond acceptors (Lipinski definition) is 0. The molecule has 0 unspecified atom stereocenters. The Morgan fingerprint density at radius 3 is 1.83 bits per heavy atom. The Kier molecular flexibility index (Phi) is 8.41. The van der Waals surface area contributed by atoms with Gasteiger partial charge in [-0.25, -0.2) is 0 Å². The smallest absolute Gasteiger partial charge is 0 e. The van der Waals surface area contributed by atoms with Gasteiger partial charge in [-0.1, -0.05) is 24.8 Å². The molecule has 0 saturated heterocycles. The molecule has 0 nitrogen and oxygen atoms in total. The molecule has 0 bridgehead atoms. The van der Waals surface area contributed by atoms with E-state index in [1.54, 1.807) is 6.08 Å². The fourth-order valence-electron chi connectivity index (χ4n) is 0. The maximum atomic E-state index is 3.56. The number of allylic oxidation sites excluding steroid dienone is 2. The van der Waals surface area contributed by atoms with Crippen molar-refractivity contribution in [2.45, 2.75) is 6.92 Å². The van der Waals surface area contributed by atoms with Crippen molar-refractivity contribution >= 4 is 23.9 Å². The van der Waals surface area contributed by atoms with E-state index < -0.39 is 0 Å². The molecule has 4 radical (unpaired) electrons. The second kappa shape index (κ2) is 5.28. The SMILES string of the molecule is C=CC(=C)C.[Sn].